The number of fused-ring (bicyclic) bond motifs is 1. The molecular weight excluding hydrogens is 322 g/mol. The first kappa shape index (κ1) is 15.8. The summed E-state index contributed by atoms with van der Waals surface area (Å²) in [6.45, 7) is 3.09. The van der Waals surface area contributed by atoms with E-state index >= 15 is 0 Å². The van der Waals surface area contributed by atoms with Crippen LogP contribution in [0.2, 0.25) is 0 Å². The summed E-state index contributed by atoms with van der Waals surface area (Å²) >= 11 is 0. The molecule has 8 nitrogen and oxygen atoms in total. The van der Waals surface area contributed by atoms with E-state index in [1.807, 2.05) is 28.8 Å². The van der Waals surface area contributed by atoms with Crippen LogP contribution in [-0.2, 0) is 4.74 Å². The maximum atomic E-state index is 12.7. The zero-order valence-corrected chi connectivity index (χ0v) is 13.9. The number of aromatic nitrogens is 4. The van der Waals surface area contributed by atoms with Gasteiger partial charge in [-0.3, -0.25) is 4.79 Å². The van der Waals surface area contributed by atoms with Gasteiger partial charge in [-0.25, -0.2) is 4.98 Å². The van der Waals surface area contributed by atoms with E-state index in [1.165, 1.54) is 0 Å². The smallest absolute Gasteiger partial charge is 0.272 e. The second kappa shape index (κ2) is 6.64. The highest BCUT2D eigenvalue weighted by Crippen LogP contribution is 2.29. The van der Waals surface area contributed by atoms with Gasteiger partial charge in [0.15, 0.2) is 5.82 Å². The van der Waals surface area contributed by atoms with Gasteiger partial charge in [-0.1, -0.05) is 11.2 Å². The molecule has 1 fully saturated rings. The van der Waals surface area contributed by atoms with E-state index in [-0.39, 0.29) is 17.9 Å². The molecule has 0 unspecified atom stereocenters. The number of hydrogen-bond donors (Lipinski definition) is 1. The van der Waals surface area contributed by atoms with Gasteiger partial charge in [-0.15, -0.1) is 0 Å². The third-order valence-electron chi connectivity index (χ3n) is 4.43. The second-order valence-corrected chi connectivity index (χ2v) is 6.17. The molecule has 8 heteroatoms. The summed E-state index contributed by atoms with van der Waals surface area (Å²) in [5.41, 5.74) is 1.09. The minimum Gasteiger partial charge on any atom is -0.381 e. The molecule has 1 saturated heterocycles. The Bertz CT molecular complexity index is 848. The lowest BCUT2D eigenvalue weighted by atomic mass is 9.91. The average Bonchev–Trinajstić information content (AvgIpc) is 3.26. The van der Waals surface area contributed by atoms with Crippen molar-refractivity contribution in [3.05, 3.63) is 48.0 Å². The van der Waals surface area contributed by atoms with E-state index in [9.17, 15) is 4.79 Å². The molecular formula is C17H19N5O3. The third-order valence-corrected chi connectivity index (χ3v) is 4.43. The first-order chi connectivity index (χ1) is 12.2. The number of imidazole rings is 1. The van der Waals surface area contributed by atoms with E-state index in [0.717, 1.165) is 18.5 Å². The highest BCUT2D eigenvalue weighted by atomic mass is 16.5. The fraction of sp³-hybridized carbons (Fsp3) is 0.412. The fourth-order valence-electron chi connectivity index (χ4n) is 3.13. The summed E-state index contributed by atoms with van der Waals surface area (Å²) in [5.74, 6) is 0.918. The van der Waals surface area contributed by atoms with Crippen LogP contribution >= 0.6 is 0 Å². The molecule has 0 aromatic carbocycles. The number of hydrogen-bond acceptors (Lipinski definition) is 6. The van der Waals surface area contributed by atoms with Gasteiger partial charge >= 0.3 is 0 Å². The molecule has 130 valence electrons. The van der Waals surface area contributed by atoms with Crippen molar-refractivity contribution in [2.45, 2.75) is 25.8 Å². The van der Waals surface area contributed by atoms with Crippen molar-refractivity contribution in [2.24, 2.45) is 5.92 Å². The molecule has 25 heavy (non-hydrogen) atoms. The first-order valence-corrected chi connectivity index (χ1v) is 8.33. The molecule has 0 bridgehead atoms. The Balaban J connectivity index is 1.59. The molecule has 1 aliphatic heterocycles. The van der Waals surface area contributed by atoms with Gasteiger partial charge in [-0.2, -0.15) is 4.98 Å². The number of carbonyl (C=O) groups excluding carboxylic acids is 1. The van der Waals surface area contributed by atoms with E-state index in [0.29, 0.717) is 30.6 Å². The third kappa shape index (κ3) is 3.25. The Kier molecular flexibility index (Phi) is 4.19. The van der Waals surface area contributed by atoms with Gasteiger partial charge in [0.05, 0.1) is 0 Å². The highest BCUT2D eigenvalue weighted by Gasteiger charge is 2.31. The number of nitrogens with zero attached hydrogens (tertiary/aromatic N) is 4. The SMILES string of the molecule is Cc1noc([C@H](NC(=O)c2cn3ccccc3n2)C2CCOCC2)n1. The fourth-order valence-corrected chi connectivity index (χ4v) is 3.13. The molecule has 1 amide bonds. The lowest BCUT2D eigenvalue weighted by molar-refractivity contribution is 0.0467. The van der Waals surface area contributed by atoms with Crippen LogP contribution in [-0.4, -0.2) is 38.6 Å². The Morgan fingerprint density at radius 2 is 2.16 bits per heavy atom. The van der Waals surface area contributed by atoms with Gasteiger partial charge in [0.2, 0.25) is 5.89 Å². The molecule has 1 N–H and O–H groups in total. The zero-order chi connectivity index (χ0) is 17.2. The zero-order valence-electron chi connectivity index (χ0n) is 13.9. The van der Waals surface area contributed by atoms with Crippen LogP contribution in [0.3, 0.4) is 0 Å². The summed E-state index contributed by atoms with van der Waals surface area (Å²) in [5, 5.41) is 6.89. The van der Waals surface area contributed by atoms with Crippen molar-refractivity contribution in [1.82, 2.24) is 24.8 Å². The van der Waals surface area contributed by atoms with Crippen LogP contribution in [0, 0.1) is 12.8 Å². The van der Waals surface area contributed by atoms with Gasteiger partial charge in [0.1, 0.15) is 17.4 Å². The maximum absolute atomic E-state index is 12.7. The number of aryl methyl sites for hydroxylation is 1. The largest absolute Gasteiger partial charge is 0.381 e. The van der Waals surface area contributed by atoms with E-state index in [2.05, 4.69) is 20.4 Å². The molecule has 1 atom stereocenters. The van der Waals surface area contributed by atoms with Crippen LogP contribution < -0.4 is 5.32 Å². The van der Waals surface area contributed by atoms with Crippen molar-refractivity contribution in [3.8, 4) is 0 Å². The van der Waals surface area contributed by atoms with Crippen molar-refractivity contribution in [3.63, 3.8) is 0 Å². The summed E-state index contributed by atoms with van der Waals surface area (Å²) < 4.78 is 12.6. The van der Waals surface area contributed by atoms with Crippen LogP contribution in [0.15, 0.2) is 35.1 Å². The van der Waals surface area contributed by atoms with Crippen molar-refractivity contribution in [2.75, 3.05) is 13.2 Å². The monoisotopic (exact) mass is 341 g/mol. The molecule has 3 aromatic rings. The van der Waals surface area contributed by atoms with Gasteiger partial charge in [0.25, 0.3) is 5.91 Å². The molecule has 4 rings (SSSR count). The van der Waals surface area contributed by atoms with Gasteiger partial charge in [-0.05, 0) is 37.8 Å². The summed E-state index contributed by atoms with van der Waals surface area (Å²) in [6.07, 6.45) is 5.23. The summed E-state index contributed by atoms with van der Waals surface area (Å²) in [6, 6.07) is 5.29. The quantitative estimate of drug-likeness (QED) is 0.779. The molecule has 0 saturated carbocycles. The standard InChI is InChI=1S/C17H19N5O3/c1-11-18-17(25-21-11)15(12-5-8-24-9-6-12)20-16(23)13-10-22-7-3-2-4-14(22)19-13/h2-4,7,10,12,15H,5-6,8-9H2,1H3,(H,20,23)/t15-/m1/s1. The topological polar surface area (TPSA) is 94.6 Å². The van der Waals surface area contributed by atoms with Crippen molar-refractivity contribution in [1.29, 1.82) is 0 Å². The minimum atomic E-state index is -0.345. The van der Waals surface area contributed by atoms with E-state index in [1.54, 1.807) is 13.1 Å². The van der Waals surface area contributed by atoms with Crippen LogP contribution in [0.5, 0.6) is 0 Å². The second-order valence-electron chi connectivity index (χ2n) is 6.17. The number of pyridine rings is 1. The number of nitrogens with one attached hydrogen (secondary N) is 1. The highest BCUT2D eigenvalue weighted by molar-refractivity contribution is 5.93. The van der Waals surface area contributed by atoms with Gasteiger partial charge < -0.3 is 19.0 Å². The normalized spacial score (nSPS) is 16.8. The Labute approximate surface area is 144 Å². The van der Waals surface area contributed by atoms with E-state index < -0.39 is 0 Å². The van der Waals surface area contributed by atoms with Crippen LogP contribution in [0.1, 0.15) is 41.1 Å². The average molecular weight is 341 g/mol. The van der Waals surface area contributed by atoms with Crippen molar-refractivity contribution >= 4 is 11.6 Å². The summed E-state index contributed by atoms with van der Waals surface area (Å²) in [4.78, 5) is 21.4. The number of rotatable bonds is 4. The van der Waals surface area contributed by atoms with E-state index in [4.69, 9.17) is 9.26 Å². The lowest BCUT2D eigenvalue weighted by Gasteiger charge is -2.28. The Hall–Kier alpha value is -2.74. The Morgan fingerprint density at radius 1 is 1.32 bits per heavy atom. The Morgan fingerprint density at radius 3 is 2.88 bits per heavy atom. The van der Waals surface area contributed by atoms with Crippen molar-refractivity contribution < 1.29 is 14.1 Å². The predicted molar refractivity (Wildman–Crippen MR) is 88.0 cm³/mol. The van der Waals surface area contributed by atoms with Crippen LogP contribution in [0.25, 0.3) is 5.65 Å². The molecule has 3 aromatic heterocycles. The molecule has 0 aliphatic carbocycles. The van der Waals surface area contributed by atoms with Gasteiger partial charge in [0, 0.05) is 25.6 Å². The molecule has 1 aliphatic rings. The minimum absolute atomic E-state index is 0.189. The maximum Gasteiger partial charge on any atom is 0.272 e. The summed E-state index contributed by atoms with van der Waals surface area (Å²) in [7, 11) is 0. The number of ether oxygens (including phenoxy) is 1. The number of carbonyl (C=O) groups is 1. The molecule has 0 spiro atoms. The predicted octanol–water partition coefficient (Wildman–Crippen LogP) is 1.92. The molecule has 0 radical (unpaired) electrons. The lowest BCUT2D eigenvalue weighted by Crippen LogP contribution is -2.36. The first-order valence-electron chi connectivity index (χ1n) is 8.33. The van der Waals surface area contributed by atoms with Crippen LogP contribution in [0.4, 0.5) is 0 Å². The number of amides is 1. The molecule has 4 heterocycles.